The first kappa shape index (κ1) is 14.3. The Hall–Kier alpha value is -1.73. The van der Waals surface area contributed by atoms with Gasteiger partial charge >= 0.3 is 0 Å². The average Bonchev–Trinajstić information content (AvgIpc) is 2.39. The highest BCUT2D eigenvalue weighted by Gasteiger charge is 2.14. The summed E-state index contributed by atoms with van der Waals surface area (Å²) in [6.45, 7) is 2.53. The van der Waals surface area contributed by atoms with Gasteiger partial charge < -0.3 is 15.5 Å². The summed E-state index contributed by atoms with van der Waals surface area (Å²) in [5.41, 5.74) is 2.60. The summed E-state index contributed by atoms with van der Waals surface area (Å²) in [4.78, 5) is 19.8. The standard InChI is InChI=1S/C11H19N5O2/c1-3-4-8(7-18-2)15-11(17)9-5-14-10(16-12)6-13-9/h5-6,8H,3-4,7,12H2,1-2H3,(H,14,16)(H,15,17). The first-order chi connectivity index (χ1) is 8.71. The molecule has 7 heteroatoms. The van der Waals surface area contributed by atoms with Gasteiger partial charge in [-0.1, -0.05) is 13.3 Å². The van der Waals surface area contributed by atoms with Gasteiger partial charge in [-0.25, -0.2) is 15.8 Å². The third-order valence-electron chi connectivity index (χ3n) is 2.37. The van der Waals surface area contributed by atoms with Crippen LogP contribution in [0.15, 0.2) is 12.4 Å². The molecule has 18 heavy (non-hydrogen) atoms. The van der Waals surface area contributed by atoms with E-state index >= 15 is 0 Å². The van der Waals surface area contributed by atoms with E-state index in [4.69, 9.17) is 10.6 Å². The van der Waals surface area contributed by atoms with Crippen molar-refractivity contribution in [3.05, 3.63) is 18.1 Å². The van der Waals surface area contributed by atoms with Crippen LogP contribution in [-0.4, -0.2) is 35.6 Å². The number of hydrazine groups is 1. The van der Waals surface area contributed by atoms with Crippen LogP contribution in [0.1, 0.15) is 30.3 Å². The maximum atomic E-state index is 11.9. The predicted octanol–water partition coefficient (Wildman–Crippen LogP) is 0.307. The quantitative estimate of drug-likeness (QED) is 0.477. The van der Waals surface area contributed by atoms with Crippen molar-refractivity contribution in [3.8, 4) is 0 Å². The lowest BCUT2D eigenvalue weighted by molar-refractivity contribution is 0.0886. The van der Waals surface area contributed by atoms with Crippen molar-refractivity contribution in [1.29, 1.82) is 0 Å². The molecule has 0 saturated carbocycles. The zero-order valence-electron chi connectivity index (χ0n) is 10.6. The topological polar surface area (TPSA) is 102 Å². The number of hydrogen-bond donors (Lipinski definition) is 3. The molecule has 0 aliphatic heterocycles. The number of aromatic nitrogens is 2. The number of nitrogen functional groups attached to an aromatic ring is 1. The molecule has 1 aromatic rings. The second-order valence-electron chi connectivity index (χ2n) is 3.85. The van der Waals surface area contributed by atoms with E-state index in [1.165, 1.54) is 12.4 Å². The largest absolute Gasteiger partial charge is 0.383 e. The molecular formula is C11H19N5O2. The molecule has 0 saturated heterocycles. The molecule has 0 fully saturated rings. The number of nitrogens with two attached hydrogens (primary N) is 1. The molecule has 1 heterocycles. The van der Waals surface area contributed by atoms with Crippen LogP contribution in [0.3, 0.4) is 0 Å². The highest BCUT2D eigenvalue weighted by atomic mass is 16.5. The number of nitrogens with zero attached hydrogens (tertiary/aromatic N) is 2. The van der Waals surface area contributed by atoms with Gasteiger partial charge in [0.15, 0.2) is 5.82 Å². The highest BCUT2D eigenvalue weighted by Crippen LogP contribution is 2.02. The number of rotatable bonds is 7. The number of nitrogens with one attached hydrogen (secondary N) is 2. The summed E-state index contributed by atoms with van der Waals surface area (Å²) >= 11 is 0. The summed E-state index contributed by atoms with van der Waals surface area (Å²) in [6.07, 6.45) is 4.60. The predicted molar refractivity (Wildman–Crippen MR) is 67.9 cm³/mol. The Bertz CT molecular complexity index is 362. The molecule has 4 N–H and O–H groups in total. The molecule has 0 bridgehead atoms. The third-order valence-corrected chi connectivity index (χ3v) is 2.37. The Balaban J connectivity index is 2.61. The lowest BCUT2D eigenvalue weighted by atomic mass is 10.2. The summed E-state index contributed by atoms with van der Waals surface area (Å²) < 4.78 is 5.05. The van der Waals surface area contributed by atoms with Crippen molar-refractivity contribution in [3.63, 3.8) is 0 Å². The monoisotopic (exact) mass is 253 g/mol. The molecule has 7 nitrogen and oxygen atoms in total. The van der Waals surface area contributed by atoms with Gasteiger partial charge in [0.05, 0.1) is 25.0 Å². The van der Waals surface area contributed by atoms with Crippen LogP contribution in [0.2, 0.25) is 0 Å². The van der Waals surface area contributed by atoms with E-state index in [0.29, 0.717) is 12.4 Å². The molecule has 1 atom stereocenters. The first-order valence-corrected chi connectivity index (χ1v) is 5.79. The number of amides is 1. The van der Waals surface area contributed by atoms with E-state index in [0.717, 1.165) is 12.8 Å². The molecule has 100 valence electrons. The SMILES string of the molecule is CCCC(COC)NC(=O)c1cnc(NN)cn1. The Morgan fingerprint density at radius 1 is 1.50 bits per heavy atom. The van der Waals surface area contributed by atoms with Gasteiger partial charge in [0.2, 0.25) is 0 Å². The van der Waals surface area contributed by atoms with E-state index in [2.05, 4.69) is 27.6 Å². The van der Waals surface area contributed by atoms with Crippen molar-refractivity contribution in [2.75, 3.05) is 19.1 Å². The minimum atomic E-state index is -0.262. The second-order valence-corrected chi connectivity index (χ2v) is 3.85. The molecule has 1 unspecified atom stereocenters. The molecule has 0 aliphatic carbocycles. The van der Waals surface area contributed by atoms with Gasteiger partial charge in [0.1, 0.15) is 5.69 Å². The number of hydrogen-bond acceptors (Lipinski definition) is 6. The average molecular weight is 253 g/mol. The third kappa shape index (κ3) is 4.27. The Kier molecular flexibility index (Phi) is 6.03. The Morgan fingerprint density at radius 2 is 2.28 bits per heavy atom. The molecule has 0 aliphatic rings. The van der Waals surface area contributed by atoms with Gasteiger partial charge in [-0.3, -0.25) is 4.79 Å². The number of carbonyl (C=O) groups is 1. The van der Waals surface area contributed by atoms with E-state index < -0.39 is 0 Å². The molecule has 1 aromatic heterocycles. The summed E-state index contributed by atoms with van der Waals surface area (Å²) in [5, 5.41) is 2.85. The minimum absolute atomic E-state index is 0.0124. The van der Waals surface area contributed by atoms with E-state index in [-0.39, 0.29) is 17.6 Å². The van der Waals surface area contributed by atoms with Crippen LogP contribution < -0.4 is 16.6 Å². The zero-order chi connectivity index (χ0) is 13.4. The van der Waals surface area contributed by atoms with Crippen molar-refractivity contribution >= 4 is 11.7 Å². The molecule has 0 aromatic carbocycles. The Labute approximate surface area is 106 Å². The lowest BCUT2D eigenvalue weighted by Crippen LogP contribution is -2.38. The number of ether oxygens (including phenoxy) is 1. The maximum Gasteiger partial charge on any atom is 0.271 e. The van der Waals surface area contributed by atoms with Crippen molar-refractivity contribution < 1.29 is 9.53 Å². The van der Waals surface area contributed by atoms with E-state index in [9.17, 15) is 4.79 Å². The molecule has 1 rings (SSSR count). The fraction of sp³-hybridized carbons (Fsp3) is 0.545. The molecular weight excluding hydrogens is 234 g/mol. The van der Waals surface area contributed by atoms with E-state index in [1.807, 2.05) is 0 Å². The van der Waals surface area contributed by atoms with Crippen LogP contribution >= 0.6 is 0 Å². The summed E-state index contributed by atoms with van der Waals surface area (Å²) in [7, 11) is 1.61. The fourth-order valence-electron chi connectivity index (χ4n) is 1.53. The normalized spacial score (nSPS) is 11.9. The number of methoxy groups -OCH3 is 1. The van der Waals surface area contributed by atoms with Crippen LogP contribution in [0.4, 0.5) is 5.82 Å². The smallest absolute Gasteiger partial charge is 0.271 e. The van der Waals surface area contributed by atoms with Gasteiger partial charge in [-0.2, -0.15) is 0 Å². The van der Waals surface area contributed by atoms with Crippen LogP contribution in [0.5, 0.6) is 0 Å². The highest BCUT2D eigenvalue weighted by molar-refractivity contribution is 5.92. The fourth-order valence-corrected chi connectivity index (χ4v) is 1.53. The van der Waals surface area contributed by atoms with Crippen LogP contribution in [0.25, 0.3) is 0 Å². The van der Waals surface area contributed by atoms with Gasteiger partial charge in [-0.15, -0.1) is 0 Å². The number of carbonyl (C=O) groups excluding carboxylic acids is 1. The molecule has 0 spiro atoms. The van der Waals surface area contributed by atoms with Gasteiger partial charge in [-0.05, 0) is 6.42 Å². The maximum absolute atomic E-state index is 11.9. The van der Waals surface area contributed by atoms with Crippen LogP contribution in [0, 0.1) is 0 Å². The van der Waals surface area contributed by atoms with E-state index in [1.54, 1.807) is 7.11 Å². The lowest BCUT2D eigenvalue weighted by Gasteiger charge is -2.16. The molecule has 0 radical (unpaired) electrons. The molecule has 1 amide bonds. The summed E-state index contributed by atoms with van der Waals surface area (Å²) in [6, 6.07) is -0.0124. The second kappa shape index (κ2) is 7.57. The van der Waals surface area contributed by atoms with Crippen LogP contribution in [-0.2, 0) is 4.74 Å². The zero-order valence-corrected chi connectivity index (χ0v) is 10.6. The van der Waals surface area contributed by atoms with Crippen molar-refractivity contribution in [2.24, 2.45) is 5.84 Å². The van der Waals surface area contributed by atoms with Gasteiger partial charge in [0.25, 0.3) is 5.91 Å². The summed E-state index contributed by atoms with van der Waals surface area (Å²) in [5.74, 6) is 5.31. The first-order valence-electron chi connectivity index (χ1n) is 5.79. The van der Waals surface area contributed by atoms with Crippen molar-refractivity contribution in [2.45, 2.75) is 25.8 Å². The van der Waals surface area contributed by atoms with Crippen molar-refractivity contribution in [1.82, 2.24) is 15.3 Å². The Morgan fingerprint density at radius 3 is 2.78 bits per heavy atom. The minimum Gasteiger partial charge on any atom is -0.383 e. The number of anilines is 1. The van der Waals surface area contributed by atoms with Gasteiger partial charge in [0, 0.05) is 7.11 Å².